The van der Waals surface area contributed by atoms with Gasteiger partial charge < -0.3 is 5.32 Å². The first-order valence-electron chi connectivity index (χ1n) is 5.05. The number of halogens is 3. The molecule has 100 valence electrons. The van der Waals surface area contributed by atoms with Gasteiger partial charge in [-0.25, -0.2) is 0 Å². The normalized spacial score (nSPS) is 9.35. The number of carbonyl (C=O) groups is 1. The van der Waals surface area contributed by atoms with Crippen LogP contribution < -0.4 is 5.32 Å². The minimum absolute atomic E-state index is 0.00743. The fourth-order valence-corrected chi connectivity index (χ4v) is 0.689. The van der Waals surface area contributed by atoms with Crippen LogP contribution in [0.5, 0.6) is 0 Å². The molecular weight excluding hydrogens is 235 g/mol. The Hall–Kier alpha value is -1.53. The van der Waals surface area contributed by atoms with Crippen molar-refractivity contribution in [1.29, 1.82) is 0 Å². The Balaban J connectivity index is 0. The van der Waals surface area contributed by atoms with E-state index >= 15 is 0 Å². The average Bonchev–Trinajstić information content (AvgIpc) is 2.62. The van der Waals surface area contributed by atoms with Crippen LogP contribution in [-0.2, 0) is 11.8 Å². The summed E-state index contributed by atoms with van der Waals surface area (Å²) in [5, 5.41) is 5.51. The van der Waals surface area contributed by atoms with Gasteiger partial charge in [0.05, 0.1) is 5.69 Å². The number of aryl methyl sites for hydroxylation is 2. The number of aromatic nitrogens is 2. The number of amides is 1. The van der Waals surface area contributed by atoms with Gasteiger partial charge in [-0.2, -0.15) is 18.3 Å². The molecule has 17 heavy (non-hydrogen) atoms. The SMILES string of the molecule is CC.Cc1ccn(C)n1.O=CNCC(F)(F)F. The van der Waals surface area contributed by atoms with Crippen LogP contribution >= 0.6 is 0 Å². The summed E-state index contributed by atoms with van der Waals surface area (Å²) >= 11 is 0. The lowest BCUT2D eigenvalue weighted by molar-refractivity contribution is -0.132. The molecule has 1 heterocycles. The number of nitrogens with one attached hydrogen (secondary N) is 1. The van der Waals surface area contributed by atoms with E-state index < -0.39 is 12.7 Å². The van der Waals surface area contributed by atoms with Gasteiger partial charge in [0, 0.05) is 13.2 Å². The number of alkyl halides is 3. The molecule has 0 atom stereocenters. The zero-order valence-electron chi connectivity index (χ0n) is 10.4. The molecule has 7 heteroatoms. The second-order valence-electron chi connectivity index (χ2n) is 2.74. The van der Waals surface area contributed by atoms with Crippen LogP contribution in [0.1, 0.15) is 19.5 Å². The van der Waals surface area contributed by atoms with E-state index in [2.05, 4.69) is 5.10 Å². The molecule has 1 aromatic heterocycles. The fraction of sp³-hybridized carbons (Fsp3) is 0.600. The predicted molar refractivity (Wildman–Crippen MR) is 59.4 cm³/mol. The van der Waals surface area contributed by atoms with E-state index in [1.165, 1.54) is 5.32 Å². The van der Waals surface area contributed by atoms with E-state index in [-0.39, 0.29) is 6.41 Å². The molecule has 1 rings (SSSR count). The monoisotopic (exact) mass is 253 g/mol. The minimum Gasteiger partial charge on any atom is -0.350 e. The quantitative estimate of drug-likeness (QED) is 0.820. The van der Waals surface area contributed by atoms with Crippen molar-refractivity contribution in [3.05, 3.63) is 18.0 Å². The number of rotatable bonds is 2. The van der Waals surface area contributed by atoms with Crippen molar-refractivity contribution in [2.45, 2.75) is 26.9 Å². The van der Waals surface area contributed by atoms with Crippen LogP contribution in [0.4, 0.5) is 13.2 Å². The Labute approximate surface area is 98.8 Å². The zero-order valence-corrected chi connectivity index (χ0v) is 10.4. The van der Waals surface area contributed by atoms with Crippen LogP contribution in [0.2, 0.25) is 0 Å². The highest BCUT2D eigenvalue weighted by Crippen LogP contribution is 2.11. The maximum Gasteiger partial charge on any atom is 0.405 e. The van der Waals surface area contributed by atoms with Gasteiger partial charge in [-0.3, -0.25) is 9.48 Å². The van der Waals surface area contributed by atoms with Gasteiger partial charge in [0.15, 0.2) is 0 Å². The highest BCUT2D eigenvalue weighted by Gasteiger charge is 2.25. The standard InChI is InChI=1S/C5H8N2.C3H4F3NO.C2H6/c1-5-3-4-7(2)6-5;4-3(5,6)1-7-2-8;1-2/h3-4H,1-2H3;2H,1H2,(H,7,8);1-2H3. The zero-order chi connectivity index (χ0) is 13.9. The Morgan fingerprint density at radius 1 is 1.47 bits per heavy atom. The molecule has 1 N–H and O–H groups in total. The van der Waals surface area contributed by atoms with Gasteiger partial charge in [0.2, 0.25) is 6.41 Å². The first-order valence-corrected chi connectivity index (χ1v) is 5.05. The van der Waals surface area contributed by atoms with Crippen LogP contribution in [0.15, 0.2) is 12.3 Å². The molecule has 0 fully saturated rings. The molecule has 1 aromatic rings. The topological polar surface area (TPSA) is 46.9 Å². The number of hydrogen-bond donors (Lipinski definition) is 1. The van der Waals surface area contributed by atoms with E-state index in [0.29, 0.717) is 0 Å². The Morgan fingerprint density at radius 3 is 2.12 bits per heavy atom. The average molecular weight is 253 g/mol. The first-order chi connectivity index (χ1) is 7.85. The van der Waals surface area contributed by atoms with E-state index in [9.17, 15) is 18.0 Å². The molecule has 0 saturated carbocycles. The van der Waals surface area contributed by atoms with Crippen LogP contribution in [-0.4, -0.2) is 28.9 Å². The number of hydrogen-bond acceptors (Lipinski definition) is 2. The van der Waals surface area contributed by atoms with Crippen molar-refractivity contribution >= 4 is 6.41 Å². The third-order valence-electron chi connectivity index (χ3n) is 1.23. The highest BCUT2D eigenvalue weighted by molar-refractivity contribution is 5.45. The van der Waals surface area contributed by atoms with Crippen LogP contribution in [0.3, 0.4) is 0 Å². The van der Waals surface area contributed by atoms with Crippen molar-refractivity contribution in [3.8, 4) is 0 Å². The minimum atomic E-state index is -4.29. The summed E-state index contributed by atoms with van der Waals surface area (Å²) in [7, 11) is 1.91. The summed E-state index contributed by atoms with van der Waals surface area (Å²) in [5.74, 6) is 0. The molecule has 0 saturated heterocycles. The second kappa shape index (κ2) is 9.68. The molecule has 1 amide bonds. The van der Waals surface area contributed by atoms with Crippen molar-refractivity contribution in [2.75, 3.05) is 6.54 Å². The third-order valence-corrected chi connectivity index (χ3v) is 1.23. The Morgan fingerprint density at radius 2 is 2.00 bits per heavy atom. The summed E-state index contributed by atoms with van der Waals surface area (Å²) in [4.78, 5) is 9.24. The third kappa shape index (κ3) is 14.5. The van der Waals surface area contributed by atoms with Crippen LogP contribution in [0.25, 0.3) is 0 Å². The molecule has 0 aliphatic carbocycles. The molecular formula is C10H18F3N3O. The van der Waals surface area contributed by atoms with Gasteiger partial charge in [0.25, 0.3) is 0 Å². The smallest absolute Gasteiger partial charge is 0.350 e. The Kier molecular flexibility index (Phi) is 10.2. The largest absolute Gasteiger partial charge is 0.405 e. The number of nitrogens with zero attached hydrogens (tertiary/aromatic N) is 2. The Bertz CT molecular complexity index is 281. The lowest BCUT2D eigenvalue weighted by Gasteiger charge is -2.01. The lowest BCUT2D eigenvalue weighted by atomic mass is 10.5. The van der Waals surface area contributed by atoms with Gasteiger partial charge >= 0.3 is 6.18 Å². The molecule has 4 nitrogen and oxygen atoms in total. The number of carbonyl (C=O) groups excluding carboxylic acids is 1. The summed E-state index contributed by atoms with van der Waals surface area (Å²) in [5.41, 5.74) is 1.07. The van der Waals surface area contributed by atoms with Gasteiger partial charge in [-0.1, -0.05) is 13.8 Å². The maximum atomic E-state index is 11.0. The lowest BCUT2D eigenvalue weighted by Crippen LogP contribution is -2.27. The molecule has 0 aliphatic rings. The van der Waals surface area contributed by atoms with E-state index in [1.807, 2.05) is 40.1 Å². The molecule has 0 radical (unpaired) electrons. The van der Waals surface area contributed by atoms with Crippen molar-refractivity contribution in [2.24, 2.45) is 7.05 Å². The van der Waals surface area contributed by atoms with E-state index in [4.69, 9.17) is 0 Å². The van der Waals surface area contributed by atoms with Gasteiger partial charge in [-0.05, 0) is 13.0 Å². The maximum absolute atomic E-state index is 11.0. The van der Waals surface area contributed by atoms with E-state index in [0.717, 1.165) is 5.69 Å². The molecule has 0 aliphatic heterocycles. The van der Waals surface area contributed by atoms with Crippen molar-refractivity contribution in [3.63, 3.8) is 0 Å². The fourth-order valence-electron chi connectivity index (χ4n) is 0.689. The van der Waals surface area contributed by atoms with Crippen LogP contribution in [0, 0.1) is 6.92 Å². The second-order valence-corrected chi connectivity index (χ2v) is 2.74. The summed E-state index contributed by atoms with van der Waals surface area (Å²) < 4.78 is 34.9. The van der Waals surface area contributed by atoms with E-state index in [1.54, 1.807) is 4.68 Å². The summed E-state index contributed by atoms with van der Waals surface area (Å²) in [6.07, 6.45) is -2.36. The molecule has 0 unspecified atom stereocenters. The van der Waals surface area contributed by atoms with Gasteiger partial charge in [-0.15, -0.1) is 0 Å². The molecule has 0 bridgehead atoms. The summed E-state index contributed by atoms with van der Waals surface area (Å²) in [6, 6.07) is 1.97. The van der Waals surface area contributed by atoms with Crippen molar-refractivity contribution < 1.29 is 18.0 Å². The first kappa shape index (κ1) is 17.9. The van der Waals surface area contributed by atoms with Crippen molar-refractivity contribution in [1.82, 2.24) is 15.1 Å². The highest BCUT2D eigenvalue weighted by atomic mass is 19.4. The molecule has 0 spiro atoms. The predicted octanol–water partition coefficient (Wildman–Crippen LogP) is 2.05. The summed E-state index contributed by atoms with van der Waals surface area (Å²) in [6.45, 7) is 4.72. The van der Waals surface area contributed by atoms with Gasteiger partial charge in [0.1, 0.15) is 6.54 Å². The molecule has 0 aromatic carbocycles.